The molecule has 0 radical (unpaired) electrons. The molecule has 0 fully saturated rings. The van der Waals surface area contributed by atoms with Crippen LogP contribution in [0.4, 0.5) is 0 Å². The van der Waals surface area contributed by atoms with Gasteiger partial charge in [0, 0.05) is 12.4 Å². The summed E-state index contributed by atoms with van der Waals surface area (Å²) in [7, 11) is 0. The van der Waals surface area contributed by atoms with Gasteiger partial charge in [-0.05, 0) is 30.3 Å². The molecule has 1 aromatic rings. The molecule has 1 aromatic heterocycles. The summed E-state index contributed by atoms with van der Waals surface area (Å²) in [4.78, 5) is 12.4. The van der Waals surface area contributed by atoms with Gasteiger partial charge in [0.2, 0.25) is 0 Å². The maximum atomic E-state index is 11.8. The van der Waals surface area contributed by atoms with Crippen molar-refractivity contribution in [3.05, 3.63) is 10.6 Å². The molecule has 0 atom stereocenters. The summed E-state index contributed by atoms with van der Waals surface area (Å²) in [5.41, 5.74) is 0.778. The van der Waals surface area contributed by atoms with Crippen molar-refractivity contribution in [2.75, 3.05) is 12.4 Å². The second-order valence-corrected chi connectivity index (χ2v) is 4.93. The van der Waals surface area contributed by atoms with E-state index in [0.717, 1.165) is 30.1 Å². The van der Waals surface area contributed by atoms with Gasteiger partial charge >= 0.3 is 0 Å². The molecule has 1 rings (SSSR count). The molecule has 16 heavy (non-hydrogen) atoms. The van der Waals surface area contributed by atoms with E-state index < -0.39 is 0 Å². The minimum Gasteiger partial charge on any atom is -0.351 e. The highest BCUT2D eigenvalue weighted by Gasteiger charge is 2.17. The molecule has 1 amide bonds. The summed E-state index contributed by atoms with van der Waals surface area (Å²) in [6.45, 7) is 4.66. The van der Waals surface area contributed by atoms with Crippen molar-refractivity contribution in [1.29, 1.82) is 0 Å². The summed E-state index contributed by atoms with van der Waals surface area (Å²) in [5, 5.41) is 6.82. The predicted octanol–water partition coefficient (Wildman–Crippen LogP) is 2.41. The third-order valence-corrected chi connectivity index (χ3v) is 3.12. The number of nitrogens with zero attached hydrogens (tertiary/aromatic N) is 2. The Hall–Kier alpha value is -0.680. The Bertz CT molecular complexity index is 341. The quantitative estimate of drug-likeness (QED) is 0.632. The lowest BCUT2D eigenvalue weighted by Gasteiger charge is -2.05. The molecule has 1 N–H and O–H groups in total. The summed E-state index contributed by atoms with van der Waals surface area (Å²) in [5.74, 6) is 0.783. The smallest absolute Gasteiger partial charge is 0.264 e. The summed E-state index contributed by atoms with van der Waals surface area (Å²) >= 11 is 6.70. The molecule has 0 aliphatic rings. The molecular weight excluding hydrogens is 246 g/mol. The normalized spacial score (nSPS) is 10.8. The molecule has 6 heteroatoms. The average Bonchev–Trinajstić information content (AvgIpc) is 2.73. The number of halogens is 1. The largest absolute Gasteiger partial charge is 0.351 e. The fourth-order valence-corrected chi connectivity index (χ4v) is 2.16. The van der Waals surface area contributed by atoms with Gasteiger partial charge in [0.15, 0.2) is 0 Å². The molecule has 1 heterocycles. The fraction of sp³-hybridized carbons (Fsp3) is 0.700. The van der Waals surface area contributed by atoms with Gasteiger partial charge in [-0.1, -0.05) is 18.3 Å². The topological polar surface area (TPSA) is 54.9 Å². The van der Waals surface area contributed by atoms with Gasteiger partial charge < -0.3 is 5.32 Å². The number of unbranched alkanes of at least 4 members (excludes halogenated alkanes) is 1. The van der Waals surface area contributed by atoms with E-state index in [-0.39, 0.29) is 11.8 Å². The van der Waals surface area contributed by atoms with Crippen molar-refractivity contribution in [1.82, 2.24) is 14.9 Å². The molecule has 0 saturated heterocycles. The second-order valence-electron chi connectivity index (χ2n) is 3.79. The Morgan fingerprint density at radius 1 is 1.50 bits per heavy atom. The van der Waals surface area contributed by atoms with Crippen LogP contribution in [-0.4, -0.2) is 27.9 Å². The lowest BCUT2D eigenvalue weighted by Crippen LogP contribution is -2.24. The maximum Gasteiger partial charge on any atom is 0.264 e. The minimum atomic E-state index is -0.0757. The maximum absolute atomic E-state index is 11.8. The highest BCUT2D eigenvalue weighted by molar-refractivity contribution is 7.08. The van der Waals surface area contributed by atoms with E-state index in [9.17, 15) is 4.79 Å². The first-order valence-electron chi connectivity index (χ1n) is 5.33. The molecule has 4 nitrogen and oxygen atoms in total. The van der Waals surface area contributed by atoms with Crippen LogP contribution in [0, 0.1) is 0 Å². The van der Waals surface area contributed by atoms with Crippen LogP contribution in [0.3, 0.4) is 0 Å². The Morgan fingerprint density at radius 3 is 2.88 bits per heavy atom. The van der Waals surface area contributed by atoms with Crippen LogP contribution in [0.5, 0.6) is 0 Å². The van der Waals surface area contributed by atoms with Gasteiger partial charge in [-0.15, -0.1) is 16.7 Å². The van der Waals surface area contributed by atoms with Gasteiger partial charge in [-0.25, -0.2) is 0 Å². The monoisotopic (exact) mass is 261 g/mol. The van der Waals surface area contributed by atoms with E-state index in [1.807, 2.05) is 13.8 Å². The lowest BCUT2D eigenvalue weighted by atomic mass is 10.1. The number of carbonyl (C=O) groups excluding carboxylic acids is 1. The Labute approximate surface area is 105 Å². The molecular formula is C10H16ClN3OS. The van der Waals surface area contributed by atoms with E-state index >= 15 is 0 Å². The zero-order valence-electron chi connectivity index (χ0n) is 9.49. The SMILES string of the molecule is CC(C)c1nnsc1C(=O)NCCCCCl. The van der Waals surface area contributed by atoms with Crippen LogP contribution < -0.4 is 5.32 Å². The number of nitrogens with one attached hydrogen (secondary N) is 1. The standard InChI is InChI=1S/C10H16ClN3OS/c1-7(2)8-9(16-14-13-8)10(15)12-6-4-3-5-11/h7H,3-6H2,1-2H3,(H,12,15). The lowest BCUT2D eigenvalue weighted by molar-refractivity contribution is 0.0955. The minimum absolute atomic E-state index is 0.0757. The number of carbonyl (C=O) groups is 1. The van der Waals surface area contributed by atoms with E-state index in [1.165, 1.54) is 0 Å². The molecule has 0 aliphatic carbocycles. The number of rotatable bonds is 6. The number of hydrogen-bond acceptors (Lipinski definition) is 4. The molecule has 0 bridgehead atoms. The predicted molar refractivity (Wildman–Crippen MR) is 66.3 cm³/mol. The fourth-order valence-electron chi connectivity index (χ4n) is 1.23. The van der Waals surface area contributed by atoms with E-state index in [2.05, 4.69) is 14.9 Å². The molecule has 0 spiro atoms. The highest BCUT2D eigenvalue weighted by atomic mass is 35.5. The Kier molecular flexibility index (Phi) is 5.69. The van der Waals surface area contributed by atoms with Gasteiger partial charge in [0.05, 0.1) is 5.69 Å². The summed E-state index contributed by atoms with van der Waals surface area (Å²) in [6.07, 6.45) is 1.82. The summed E-state index contributed by atoms with van der Waals surface area (Å²) < 4.78 is 3.82. The van der Waals surface area contributed by atoms with Gasteiger partial charge in [-0.2, -0.15) is 0 Å². The van der Waals surface area contributed by atoms with Gasteiger partial charge in [0.1, 0.15) is 4.88 Å². The van der Waals surface area contributed by atoms with Crippen molar-refractivity contribution in [2.45, 2.75) is 32.6 Å². The average molecular weight is 262 g/mol. The Morgan fingerprint density at radius 2 is 2.25 bits per heavy atom. The number of hydrogen-bond donors (Lipinski definition) is 1. The van der Waals surface area contributed by atoms with Crippen molar-refractivity contribution >= 4 is 29.0 Å². The number of aromatic nitrogens is 2. The molecule has 0 aliphatic heterocycles. The zero-order chi connectivity index (χ0) is 12.0. The third-order valence-electron chi connectivity index (χ3n) is 2.11. The van der Waals surface area contributed by atoms with Gasteiger partial charge in [-0.3, -0.25) is 4.79 Å². The molecule has 0 saturated carbocycles. The first-order chi connectivity index (χ1) is 7.66. The van der Waals surface area contributed by atoms with Crippen molar-refractivity contribution < 1.29 is 4.79 Å². The Balaban J connectivity index is 2.49. The van der Waals surface area contributed by atoms with E-state index in [1.54, 1.807) is 0 Å². The number of alkyl halides is 1. The van der Waals surface area contributed by atoms with Crippen LogP contribution in [0.1, 0.15) is 48.0 Å². The molecule has 0 aromatic carbocycles. The van der Waals surface area contributed by atoms with Crippen LogP contribution in [0.15, 0.2) is 0 Å². The number of amides is 1. The summed E-state index contributed by atoms with van der Waals surface area (Å²) in [6, 6.07) is 0. The van der Waals surface area contributed by atoms with Crippen molar-refractivity contribution in [3.8, 4) is 0 Å². The highest BCUT2D eigenvalue weighted by Crippen LogP contribution is 2.19. The zero-order valence-corrected chi connectivity index (χ0v) is 11.1. The first kappa shape index (κ1) is 13.4. The van der Waals surface area contributed by atoms with Crippen molar-refractivity contribution in [2.24, 2.45) is 0 Å². The van der Waals surface area contributed by atoms with Crippen LogP contribution >= 0.6 is 23.1 Å². The van der Waals surface area contributed by atoms with Gasteiger partial charge in [0.25, 0.3) is 5.91 Å². The molecule has 90 valence electrons. The van der Waals surface area contributed by atoms with E-state index in [4.69, 9.17) is 11.6 Å². The molecule has 0 unspecified atom stereocenters. The van der Waals surface area contributed by atoms with Crippen molar-refractivity contribution in [3.63, 3.8) is 0 Å². The van der Waals surface area contributed by atoms with Crippen LogP contribution in [0.25, 0.3) is 0 Å². The second kappa shape index (κ2) is 6.81. The first-order valence-corrected chi connectivity index (χ1v) is 6.64. The van der Waals surface area contributed by atoms with Crippen LogP contribution in [0.2, 0.25) is 0 Å². The van der Waals surface area contributed by atoms with Crippen LogP contribution in [-0.2, 0) is 0 Å². The van der Waals surface area contributed by atoms with E-state index in [0.29, 0.717) is 17.3 Å². The third kappa shape index (κ3) is 3.72.